The summed E-state index contributed by atoms with van der Waals surface area (Å²) in [5.74, 6) is -0.308. The molecule has 0 aliphatic carbocycles. The number of aromatic nitrogens is 2. The Kier molecular flexibility index (Phi) is 4.85. The number of anilines is 1. The fourth-order valence-corrected chi connectivity index (χ4v) is 2.92. The lowest BCUT2D eigenvalue weighted by molar-refractivity contribution is 0.102. The van der Waals surface area contributed by atoms with Gasteiger partial charge in [0.2, 0.25) is 0 Å². The first-order chi connectivity index (χ1) is 9.87. The van der Waals surface area contributed by atoms with Crippen molar-refractivity contribution in [3.63, 3.8) is 0 Å². The van der Waals surface area contributed by atoms with Crippen molar-refractivity contribution < 1.29 is 4.79 Å². The van der Waals surface area contributed by atoms with Crippen LogP contribution in [0.3, 0.4) is 0 Å². The Labute approximate surface area is 133 Å². The molecule has 4 nitrogen and oxygen atoms in total. The third kappa shape index (κ3) is 4.44. The van der Waals surface area contributed by atoms with Gasteiger partial charge in [-0.25, -0.2) is 9.97 Å². The van der Waals surface area contributed by atoms with Crippen LogP contribution in [-0.4, -0.2) is 20.6 Å². The minimum absolute atomic E-state index is 0.0406. The third-order valence-electron chi connectivity index (χ3n) is 2.44. The summed E-state index contributed by atoms with van der Waals surface area (Å²) in [6.07, 6.45) is 2.86. The van der Waals surface area contributed by atoms with E-state index in [1.54, 1.807) is 23.9 Å². The van der Waals surface area contributed by atoms with Crippen molar-refractivity contribution in [2.75, 3.05) is 5.32 Å². The van der Waals surface area contributed by atoms with Gasteiger partial charge in [-0.05, 0) is 18.2 Å². The molecule has 0 aliphatic rings. The van der Waals surface area contributed by atoms with Crippen molar-refractivity contribution in [3.8, 4) is 0 Å². The lowest BCUT2D eigenvalue weighted by Crippen LogP contribution is -2.14. The Bertz CT molecular complexity index is 641. The van der Waals surface area contributed by atoms with Crippen molar-refractivity contribution in [1.82, 2.24) is 9.97 Å². The van der Waals surface area contributed by atoms with Crippen LogP contribution in [0.4, 0.5) is 5.69 Å². The lowest BCUT2D eigenvalue weighted by Gasteiger charge is -2.19. The van der Waals surface area contributed by atoms with E-state index < -0.39 is 0 Å². The average Bonchev–Trinajstić information content (AvgIpc) is 2.43. The lowest BCUT2D eigenvalue weighted by atomic mass is 10.3. The van der Waals surface area contributed by atoms with Crippen molar-refractivity contribution in [3.05, 3.63) is 47.5 Å². The smallest absolute Gasteiger partial charge is 0.274 e. The largest absolute Gasteiger partial charge is 0.319 e. The summed E-state index contributed by atoms with van der Waals surface area (Å²) in [7, 11) is 0. The molecule has 1 heterocycles. The van der Waals surface area contributed by atoms with Gasteiger partial charge >= 0.3 is 0 Å². The van der Waals surface area contributed by atoms with Crippen LogP contribution in [0.2, 0.25) is 5.02 Å². The van der Waals surface area contributed by atoms with Gasteiger partial charge in [-0.3, -0.25) is 4.79 Å². The summed E-state index contributed by atoms with van der Waals surface area (Å²) in [6.45, 7) is 6.33. The predicted molar refractivity (Wildman–Crippen MR) is 87.0 cm³/mol. The van der Waals surface area contributed by atoms with E-state index in [0.29, 0.717) is 16.4 Å². The number of hydrogen-bond acceptors (Lipinski definition) is 4. The van der Waals surface area contributed by atoms with E-state index in [2.05, 4.69) is 36.1 Å². The van der Waals surface area contributed by atoms with Gasteiger partial charge in [0.25, 0.3) is 5.91 Å². The number of halogens is 1. The molecule has 0 saturated carbocycles. The Hall–Kier alpha value is -1.59. The molecule has 2 rings (SSSR count). The molecule has 1 N–H and O–H groups in total. The topological polar surface area (TPSA) is 54.9 Å². The third-order valence-corrected chi connectivity index (χ3v) is 4.13. The highest BCUT2D eigenvalue weighted by atomic mass is 35.5. The number of rotatable bonds is 3. The second kappa shape index (κ2) is 6.45. The van der Waals surface area contributed by atoms with Gasteiger partial charge in [-0.1, -0.05) is 38.4 Å². The minimum Gasteiger partial charge on any atom is -0.319 e. The van der Waals surface area contributed by atoms with E-state index in [0.717, 1.165) is 4.90 Å². The van der Waals surface area contributed by atoms with Gasteiger partial charge in [0.1, 0.15) is 12.0 Å². The number of nitrogens with one attached hydrogen (secondary N) is 1. The second-order valence-electron chi connectivity index (χ2n) is 5.38. The summed E-state index contributed by atoms with van der Waals surface area (Å²) < 4.78 is 0.0406. The van der Waals surface area contributed by atoms with Gasteiger partial charge in [0.15, 0.2) is 0 Å². The maximum atomic E-state index is 12.1. The van der Waals surface area contributed by atoms with E-state index in [4.69, 9.17) is 11.6 Å². The number of benzene rings is 1. The zero-order valence-electron chi connectivity index (χ0n) is 12.1. The number of thioether (sulfide) groups is 1. The number of hydrogen-bond donors (Lipinski definition) is 1. The Balaban J connectivity index is 2.21. The van der Waals surface area contributed by atoms with E-state index in [9.17, 15) is 4.79 Å². The molecule has 0 bridgehead atoms. The molecule has 0 saturated heterocycles. The van der Waals surface area contributed by atoms with E-state index in [1.807, 2.05) is 12.1 Å². The molecule has 110 valence electrons. The Morgan fingerprint density at radius 2 is 2.05 bits per heavy atom. The van der Waals surface area contributed by atoms with Crippen LogP contribution in [0.25, 0.3) is 0 Å². The fourth-order valence-electron chi connectivity index (χ4n) is 1.63. The van der Waals surface area contributed by atoms with Crippen molar-refractivity contribution in [1.29, 1.82) is 0 Å². The number of amides is 1. The first-order valence-electron chi connectivity index (χ1n) is 6.42. The molecule has 6 heteroatoms. The highest BCUT2D eigenvalue weighted by Gasteiger charge is 2.17. The normalized spacial score (nSPS) is 11.2. The molecule has 1 amide bonds. The van der Waals surface area contributed by atoms with Crippen LogP contribution in [0.1, 0.15) is 31.3 Å². The van der Waals surface area contributed by atoms with Gasteiger partial charge in [-0.15, -0.1) is 11.8 Å². The first kappa shape index (κ1) is 15.8. The molecule has 0 aliphatic heterocycles. The van der Waals surface area contributed by atoms with Gasteiger partial charge in [0.05, 0.1) is 10.7 Å². The maximum absolute atomic E-state index is 12.1. The molecule has 21 heavy (non-hydrogen) atoms. The van der Waals surface area contributed by atoms with Crippen LogP contribution >= 0.6 is 23.4 Å². The monoisotopic (exact) mass is 321 g/mol. The van der Waals surface area contributed by atoms with Gasteiger partial charge < -0.3 is 5.32 Å². The summed E-state index contributed by atoms with van der Waals surface area (Å²) in [4.78, 5) is 20.7. The van der Waals surface area contributed by atoms with E-state index >= 15 is 0 Å². The predicted octanol–water partition coefficient (Wildman–Crippen LogP) is 4.27. The molecule has 1 aromatic heterocycles. The van der Waals surface area contributed by atoms with Crippen LogP contribution < -0.4 is 5.32 Å². The number of carbonyl (C=O) groups is 1. The number of nitrogens with zero attached hydrogens (tertiary/aromatic N) is 2. The van der Waals surface area contributed by atoms with E-state index in [1.165, 1.54) is 12.5 Å². The first-order valence-corrected chi connectivity index (χ1v) is 7.61. The molecule has 0 radical (unpaired) electrons. The average molecular weight is 322 g/mol. The highest BCUT2D eigenvalue weighted by molar-refractivity contribution is 8.00. The quantitative estimate of drug-likeness (QED) is 0.858. The second-order valence-corrected chi connectivity index (χ2v) is 7.63. The fraction of sp³-hybridized carbons (Fsp3) is 0.267. The number of carbonyl (C=O) groups excluding carboxylic acids is 1. The summed E-state index contributed by atoms with van der Waals surface area (Å²) in [6, 6.07) is 7.14. The van der Waals surface area contributed by atoms with Crippen LogP contribution in [0.5, 0.6) is 0 Å². The van der Waals surface area contributed by atoms with Crippen LogP contribution in [-0.2, 0) is 0 Å². The molecule has 0 atom stereocenters. The summed E-state index contributed by atoms with van der Waals surface area (Å²) in [5, 5.41) is 3.32. The van der Waals surface area contributed by atoms with Crippen molar-refractivity contribution in [2.24, 2.45) is 0 Å². The van der Waals surface area contributed by atoms with E-state index in [-0.39, 0.29) is 10.7 Å². The van der Waals surface area contributed by atoms with Crippen LogP contribution in [0.15, 0.2) is 41.7 Å². The van der Waals surface area contributed by atoms with Crippen LogP contribution in [0, 0.1) is 0 Å². The standard InChI is InChI=1S/C15H16ClN3OS/c1-15(2,3)21-12-6-4-5-10(13(12)16)19-14(20)11-7-8-17-9-18-11/h4-9H,1-3H3,(H,19,20). The van der Waals surface area contributed by atoms with Gasteiger partial charge in [-0.2, -0.15) is 0 Å². The molecule has 2 aromatic rings. The SMILES string of the molecule is CC(C)(C)Sc1cccc(NC(=O)c2ccncn2)c1Cl. The molecule has 0 spiro atoms. The van der Waals surface area contributed by atoms with Crippen molar-refractivity contribution >= 4 is 35.0 Å². The summed E-state index contributed by atoms with van der Waals surface area (Å²) in [5.41, 5.74) is 0.879. The van der Waals surface area contributed by atoms with Crippen molar-refractivity contribution in [2.45, 2.75) is 30.4 Å². The minimum atomic E-state index is -0.308. The maximum Gasteiger partial charge on any atom is 0.274 e. The highest BCUT2D eigenvalue weighted by Crippen LogP contribution is 2.39. The Morgan fingerprint density at radius 1 is 1.29 bits per heavy atom. The molecule has 0 unspecified atom stereocenters. The Morgan fingerprint density at radius 3 is 2.67 bits per heavy atom. The molecular formula is C15H16ClN3OS. The summed E-state index contributed by atoms with van der Waals surface area (Å²) >= 11 is 8.03. The molecule has 0 fully saturated rings. The zero-order valence-corrected chi connectivity index (χ0v) is 13.6. The molecule has 1 aromatic carbocycles. The zero-order chi connectivity index (χ0) is 15.5. The van der Waals surface area contributed by atoms with Gasteiger partial charge in [0, 0.05) is 15.8 Å². The molecular weight excluding hydrogens is 306 g/mol.